The van der Waals surface area contributed by atoms with Crippen LogP contribution in [0.5, 0.6) is 0 Å². The van der Waals surface area contributed by atoms with E-state index in [1.807, 2.05) is 13.8 Å². The molecule has 0 aliphatic heterocycles. The number of rotatable bonds is 6. The van der Waals surface area contributed by atoms with Gasteiger partial charge in [-0.2, -0.15) is 0 Å². The quantitative estimate of drug-likeness (QED) is 0.437. The second kappa shape index (κ2) is 7.21. The van der Waals surface area contributed by atoms with Gasteiger partial charge in [0.25, 0.3) is 0 Å². The van der Waals surface area contributed by atoms with E-state index in [1.54, 1.807) is 6.08 Å². The van der Waals surface area contributed by atoms with Crippen LogP contribution in [0, 0.1) is 0 Å². The van der Waals surface area contributed by atoms with Crippen LogP contribution in [-0.4, -0.2) is 19.9 Å². The molecule has 2 atom stereocenters. The summed E-state index contributed by atoms with van der Waals surface area (Å²) in [5, 5.41) is -0.00188. The molecule has 0 aromatic heterocycles. The van der Waals surface area contributed by atoms with Gasteiger partial charge in [0.05, 0.1) is 11.1 Å². The average Bonchev–Trinajstić information content (AvgIpc) is 2.10. The Labute approximate surface area is 93.3 Å². The average molecular weight is 237 g/mol. The third-order valence-corrected chi connectivity index (χ3v) is 2.94. The lowest BCUT2D eigenvalue weighted by Gasteiger charge is -2.08. The van der Waals surface area contributed by atoms with Gasteiger partial charge in [-0.25, -0.2) is 4.21 Å². The SMILES string of the molecule is C=C(C)C(Cl)CCC(C)=CCS(=O)O. The van der Waals surface area contributed by atoms with E-state index >= 15 is 0 Å². The molecule has 2 nitrogen and oxygen atoms in total. The van der Waals surface area contributed by atoms with Gasteiger partial charge in [0.1, 0.15) is 0 Å². The molecule has 0 aliphatic carbocycles. The predicted molar refractivity (Wildman–Crippen MR) is 63.1 cm³/mol. The van der Waals surface area contributed by atoms with E-state index < -0.39 is 11.1 Å². The smallest absolute Gasteiger partial charge is 0.156 e. The summed E-state index contributed by atoms with van der Waals surface area (Å²) in [7, 11) is 0. The summed E-state index contributed by atoms with van der Waals surface area (Å²) >= 11 is 4.25. The number of halogens is 1. The molecule has 0 fully saturated rings. The van der Waals surface area contributed by atoms with Gasteiger partial charge in [-0.3, -0.25) is 0 Å². The Balaban J connectivity index is 3.83. The molecule has 4 heteroatoms. The Morgan fingerprint density at radius 3 is 2.64 bits per heavy atom. The first-order chi connectivity index (χ1) is 6.43. The lowest BCUT2D eigenvalue weighted by Crippen LogP contribution is -1.99. The minimum atomic E-state index is -1.74. The lowest BCUT2D eigenvalue weighted by molar-refractivity contribution is 0.567. The molecule has 0 aromatic rings. The standard InChI is InChI=1S/C10H17ClO2S/c1-8(2)10(11)5-4-9(3)6-7-14(12)13/h6,10H,1,4-5,7H2,2-3H3,(H,12,13). The van der Waals surface area contributed by atoms with E-state index in [1.165, 1.54) is 0 Å². The molecule has 0 spiro atoms. The Morgan fingerprint density at radius 2 is 2.21 bits per heavy atom. The van der Waals surface area contributed by atoms with Crippen LogP contribution in [0.2, 0.25) is 0 Å². The summed E-state index contributed by atoms with van der Waals surface area (Å²) in [5.41, 5.74) is 2.06. The maximum Gasteiger partial charge on any atom is 0.156 e. The van der Waals surface area contributed by atoms with Crippen molar-refractivity contribution in [3.05, 3.63) is 23.8 Å². The van der Waals surface area contributed by atoms with E-state index in [2.05, 4.69) is 6.58 Å². The van der Waals surface area contributed by atoms with Gasteiger partial charge in [0, 0.05) is 0 Å². The summed E-state index contributed by atoms with van der Waals surface area (Å²) in [5.74, 6) is 0.200. The number of allylic oxidation sites excluding steroid dienone is 2. The molecule has 0 rings (SSSR count). The van der Waals surface area contributed by atoms with Crippen LogP contribution < -0.4 is 0 Å². The van der Waals surface area contributed by atoms with Crippen LogP contribution >= 0.6 is 11.6 Å². The van der Waals surface area contributed by atoms with E-state index in [0.717, 1.165) is 24.0 Å². The lowest BCUT2D eigenvalue weighted by atomic mass is 10.1. The molecule has 2 unspecified atom stereocenters. The summed E-state index contributed by atoms with van der Waals surface area (Å²) in [6, 6.07) is 0. The molecule has 0 saturated carbocycles. The van der Waals surface area contributed by atoms with Gasteiger partial charge in [0.15, 0.2) is 11.1 Å². The molecule has 0 saturated heterocycles. The van der Waals surface area contributed by atoms with Crippen LogP contribution in [0.15, 0.2) is 23.8 Å². The van der Waals surface area contributed by atoms with Crippen LogP contribution in [-0.2, 0) is 11.1 Å². The molecule has 0 aromatic carbocycles. The van der Waals surface area contributed by atoms with Crippen molar-refractivity contribution < 1.29 is 8.76 Å². The number of hydrogen-bond acceptors (Lipinski definition) is 1. The van der Waals surface area contributed by atoms with Gasteiger partial charge in [-0.05, 0) is 26.7 Å². The summed E-state index contributed by atoms with van der Waals surface area (Å²) in [4.78, 5) is 0. The Bertz CT molecular complexity index is 249. The first kappa shape index (κ1) is 13.9. The molecular formula is C10H17ClO2S. The molecule has 0 bridgehead atoms. The van der Waals surface area contributed by atoms with E-state index in [9.17, 15) is 4.21 Å². The van der Waals surface area contributed by atoms with Crippen molar-refractivity contribution in [3.63, 3.8) is 0 Å². The van der Waals surface area contributed by atoms with Gasteiger partial charge in [-0.15, -0.1) is 11.6 Å². The highest BCUT2D eigenvalue weighted by Gasteiger charge is 2.04. The largest absolute Gasteiger partial charge is 0.306 e. The van der Waals surface area contributed by atoms with Crippen molar-refractivity contribution in [1.82, 2.24) is 0 Å². The van der Waals surface area contributed by atoms with E-state index in [4.69, 9.17) is 16.2 Å². The Hall–Kier alpha value is -0.120. The molecule has 1 N–H and O–H groups in total. The molecule has 14 heavy (non-hydrogen) atoms. The van der Waals surface area contributed by atoms with Crippen LogP contribution in [0.4, 0.5) is 0 Å². The first-order valence-corrected chi connectivity index (χ1v) is 6.17. The molecule has 0 aliphatic rings. The van der Waals surface area contributed by atoms with Gasteiger partial charge >= 0.3 is 0 Å². The van der Waals surface area contributed by atoms with E-state index in [0.29, 0.717) is 0 Å². The number of hydrogen-bond donors (Lipinski definition) is 1. The summed E-state index contributed by atoms with van der Waals surface area (Å²) < 4.78 is 18.9. The fraction of sp³-hybridized carbons (Fsp3) is 0.600. The zero-order valence-electron chi connectivity index (χ0n) is 8.62. The highest BCUT2D eigenvalue weighted by atomic mass is 35.5. The van der Waals surface area contributed by atoms with Crippen molar-refractivity contribution in [3.8, 4) is 0 Å². The van der Waals surface area contributed by atoms with Crippen LogP contribution in [0.3, 0.4) is 0 Å². The zero-order chi connectivity index (χ0) is 11.1. The van der Waals surface area contributed by atoms with E-state index in [-0.39, 0.29) is 11.1 Å². The van der Waals surface area contributed by atoms with Crippen molar-refractivity contribution in [2.75, 3.05) is 5.75 Å². The van der Waals surface area contributed by atoms with Crippen molar-refractivity contribution in [2.45, 2.75) is 32.1 Å². The first-order valence-electron chi connectivity index (χ1n) is 4.46. The Morgan fingerprint density at radius 1 is 1.64 bits per heavy atom. The summed E-state index contributed by atoms with van der Waals surface area (Å²) in [6.45, 7) is 7.61. The van der Waals surface area contributed by atoms with Gasteiger partial charge in [-0.1, -0.05) is 23.8 Å². The fourth-order valence-electron chi connectivity index (χ4n) is 0.916. The molecule has 0 amide bonds. The molecule has 0 heterocycles. The third-order valence-electron chi connectivity index (χ3n) is 1.90. The summed E-state index contributed by atoms with van der Waals surface area (Å²) in [6.07, 6.45) is 3.45. The normalized spacial score (nSPS) is 16.4. The molecule has 82 valence electrons. The molecule has 0 radical (unpaired) electrons. The maximum absolute atomic E-state index is 10.4. The second-order valence-corrected chi connectivity index (χ2v) is 4.89. The van der Waals surface area contributed by atoms with Crippen LogP contribution in [0.25, 0.3) is 0 Å². The highest BCUT2D eigenvalue weighted by molar-refractivity contribution is 7.79. The van der Waals surface area contributed by atoms with Crippen LogP contribution in [0.1, 0.15) is 26.7 Å². The third kappa shape index (κ3) is 7.30. The maximum atomic E-state index is 10.4. The Kier molecular flexibility index (Phi) is 7.15. The zero-order valence-corrected chi connectivity index (χ0v) is 10.2. The van der Waals surface area contributed by atoms with Crippen molar-refractivity contribution in [2.24, 2.45) is 0 Å². The number of alkyl halides is 1. The monoisotopic (exact) mass is 236 g/mol. The fourth-order valence-corrected chi connectivity index (χ4v) is 1.45. The highest BCUT2D eigenvalue weighted by Crippen LogP contribution is 2.16. The minimum absolute atomic E-state index is 0.00188. The van der Waals surface area contributed by atoms with Crippen molar-refractivity contribution >= 4 is 22.7 Å². The topological polar surface area (TPSA) is 37.3 Å². The molecular weight excluding hydrogens is 220 g/mol. The van der Waals surface area contributed by atoms with Gasteiger partial charge < -0.3 is 4.55 Å². The van der Waals surface area contributed by atoms with Gasteiger partial charge in [0.2, 0.25) is 0 Å². The second-order valence-electron chi connectivity index (χ2n) is 3.39. The minimum Gasteiger partial charge on any atom is -0.306 e. The van der Waals surface area contributed by atoms with Crippen molar-refractivity contribution in [1.29, 1.82) is 0 Å². The predicted octanol–water partition coefficient (Wildman–Crippen LogP) is 3.12.